The second-order valence-electron chi connectivity index (χ2n) is 5.21. The molecule has 0 aromatic heterocycles. The molecule has 1 aliphatic rings. The Hall–Kier alpha value is -0.290. The van der Waals surface area contributed by atoms with Crippen LogP contribution in [0.2, 0.25) is 5.02 Å². The quantitative estimate of drug-likeness (QED) is 0.779. The maximum atomic E-state index is 12.8. The van der Waals surface area contributed by atoms with E-state index in [0.29, 0.717) is 5.02 Å². The third-order valence-corrected chi connectivity index (χ3v) is 6.63. The van der Waals surface area contributed by atoms with Crippen molar-refractivity contribution in [2.24, 2.45) is 0 Å². The molecule has 6 heteroatoms. The Bertz CT molecular complexity index is 589. The first-order valence-electron chi connectivity index (χ1n) is 6.79. The van der Waals surface area contributed by atoms with Gasteiger partial charge in [-0.2, -0.15) is 4.31 Å². The number of halogens is 2. The second kappa shape index (κ2) is 6.22. The van der Waals surface area contributed by atoms with E-state index in [9.17, 15) is 8.42 Å². The lowest BCUT2D eigenvalue weighted by Gasteiger charge is -2.27. The summed E-state index contributed by atoms with van der Waals surface area (Å²) in [4.78, 5) is 0.253. The van der Waals surface area contributed by atoms with E-state index in [1.807, 2.05) is 13.8 Å². The van der Waals surface area contributed by atoms with Crippen LogP contribution in [0.3, 0.4) is 0 Å². The van der Waals surface area contributed by atoms with Crippen molar-refractivity contribution in [3.63, 3.8) is 0 Å². The van der Waals surface area contributed by atoms with Crippen LogP contribution in [0.25, 0.3) is 0 Å². The minimum Gasteiger partial charge on any atom is -0.207 e. The monoisotopic (exact) mass is 335 g/mol. The summed E-state index contributed by atoms with van der Waals surface area (Å²) in [5.41, 5.74) is 0.744. The molecule has 2 rings (SSSR count). The highest BCUT2D eigenvalue weighted by Crippen LogP contribution is 2.33. The standard InChI is InChI=1S/C14H19Cl2NO2S/c1-3-12-6-4-10(2)17(12)20(18,19)13-7-5-11(9-15)14(16)8-13/h5,7-8,10,12H,3-4,6,9H2,1-2H3. The minimum atomic E-state index is -3.49. The average molecular weight is 336 g/mol. The van der Waals surface area contributed by atoms with Gasteiger partial charge in [-0.25, -0.2) is 8.42 Å². The van der Waals surface area contributed by atoms with E-state index in [2.05, 4.69) is 0 Å². The lowest BCUT2D eigenvalue weighted by atomic mass is 10.2. The van der Waals surface area contributed by atoms with E-state index < -0.39 is 10.0 Å². The molecule has 1 aromatic carbocycles. The molecule has 0 N–H and O–H groups in total. The minimum absolute atomic E-state index is 0.0384. The van der Waals surface area contributed by atoms with Crippen LogP contribution in [0.1, 0.15) is 38.7 Å². The van der Waals surface area contributed by atoms with Gasteiger partial charge in [-0.3, -0.25) is 0 Å². The molecule has 0 spiro atoms. The van der Waals surface area contributed by atoms with Crippen molar-refractivity contribution in [3.8, 4) is 0 Å². The largest absolute Gasteiger partial charge is 0.243 e. The van der Waals surface area contributed by atoms with Gasteiger partial charge in [0.25, 0.3) is 0 Å². The van der Waals surface area contributed by atoms with Gasteiger partial charge in [-0.05, 0) is 43.9 Å². The molecule has 20 heavy (non-hydrogen) atoms. The van der Waals surface area contributed by atoms with E-state index >= 15 is 0 Å². The summed E-state index contributed by atoms with van der Waals surface area (Å²) in [6.07, 6.45) is 2.66. The Morgan fingerprint density at radius 1 is 1.35 bits per heavy atom. The zero-order chi connectivity index (χ0) is 14.9. The van der Waals surface area contributed by atoms with Gasteiger partial charge in [0.1, 0.15) is 0 Å². The van der Waals surface area contributed by atoms with Crippen LogP contribution in [0.5, 0.6) is 0 Å². The van der Waals surface area contributed by atoms with Gasteiger partial charge in [0.05, 0.1) is 4.90 Å². The Morgan fingerprint density at radius 2 is 2.05 bits per heavy atom. The molecule has 3 nitrogen and oxygen atoms in total. The van der Waals surface area contributed by atoms with Crippen molar-refractivity contribution < 1.29 is 8.42 Å². The van der Waals surface area contributed by atoms with E-state index in [1.165, 1.54) is 6.07 Å². The molecule has 1 heterocycles. The highest BCUT2D eigenvalue weighted by molar-refractivity contribution is 7.89. The number of nitrogens with zero attached hydrogens (tertiary/aromatic N) is 1. The highest BCUT2D eigenvalue weighted by Gasteiger charge is 2.39. The van der Waals surface area contributed by atoms with Crippen LogP contribution in [0, 0.1) is 0 Å². The van der Waals surface area contributed by atoms with E-state index in [1.54, 1.807) is 16.4 Å². The number of rotatable bonds is 4. The van der Waals surface area contributed by atoms with Gasteiger partial charge < -0.3 is 0 Å². The number of alkyl halides is 1. The maximum absolute atomic E-state index is 12.8. The number of benzene rings is 1. The first kappa shape index (κ1) is 16.1. The molecule has 1 fully saturated rings. The van der Waals surface area contributed by atoms with E-state index in [0.717, 1.165) is 24.8 Å². The zero-order valence-corrected chi connectivity index (χ0v) is 14.0. The molecular formula is C14H19Cl2NO2S. The molecule has 0 radical (unpaired) electrons. The Morgan fingerprint density at radius 3 is 2.60 bits per heavy atom. The van der Waals surface area contributed by atoms with Gasteiger partial charge >= 0.3 is 0 Å². The first-order valence-corrected chi connectivity index (χ1v) is 9.15. The Kier molecular flexibility index (Phi) is 5.00. The van der Waals surface area contributed by atoms with Crippen LogP contribution < -0.4 is 0 Å². The second-order valence-corrected chi connectivity index (χ2v) is 7.73. The van der Waals surface area contributed by atoms with Crippen LogP contribution in [-0.2, 0) is 15.9 Å². The van der Waals surface area contributed by atoms with Gasteiger partial charge in [0, 0.05) is 23.0 Å². The molecule has 1 saturated heterocycles. The van der Waals surface area contributed by atoms with Crippen LogP contribution in [0.4, 0.5) is 0 Å². The van der Waals surface area contributed by atoms with Crippen LogP contribution >= 0.6 is 23.2 Å². The topological polar surface area (TPSA) is 37.4 Å². The van der Waals surface area contributed by atoms with Crippen LogP contribution in [0.15, 0.2) is 23.1 Å². The fourth-order valence-electron chi connectivity index (χ4n) is 2.78. The normalized spacial score (nSPS) is 24.2. The molecule has 0 amide bonds. The first-order chi connectivity index (χ1) is 9.41. The molecule has 0 saturated carbocycles. The van der Waals surface area contributed by atoms with Gasteiger partial charge in [-0.15, -0.1) is 11.6 Å². The number of hydrogen-bond acceptors (Lipinski definition) is 2. The molecular weight excluding hydrogens is 317 g/mol. The zero-order valence-electron chi connectivity index (χ0n) is 11.6. The van der Waals surface area contributed by atoms with Crippen molar-refractivity contribution in [1.82, 2.24) is 4.31 Å². The lowest BCUT2D eigenvalue weighted by Crippen LogP contribution is -2.39. The summed E-state index contributed by atoms with van der Waals surface area (Å²) in [7, 11) is -3.49. The van der Waals surface area contributed by atoms with Gasteiger partial charge in [0.15, 0.2) is 0 Å². The molecule has 0 aliphatic carbocycles. The third-order valence-electron chi connectivity index (χ3n) is 3.93. The molecule has 112 valence electrons. The summed E-state index contributed by atoms with van der Waals surface area (Å²) in [5, 5.41) is 0.404. The molecule has 1 aliphatic heterocycles. The van der Waals surface area contributed by atoms with E-state index in [4.69, 9.17) is 23.2 Å². The SMILES string of the molecule is CCC1CCC(C)N1S(=O)(=O)c1ccc(CCl)c(Cl)c1. The summed E-state index contributed by atoms with van der Waals surface area (Å²) < 4.78 is 27.2. The predicted molar refractivity (Wildman–Crippen MR) is 82.8 cm³/mol. The smallest absolute Gasteiger partial charge is 0.207 e. The molecule has 1 aromatic rings. The average Bonchev–Trinajstić information content (AvgIpc) is 2.80. The highest BCUT2D eigenvalue weighted by atomic mass is 35.5. The summed E-state index contributed by atoms with van der Waals surface area (Å²) in [6.45, 7) is 3.98. The van der Waals surface area contributed by atoms with Gasteiger partial charge in [-0.1, -0.05) is 24.6 Å². The van der Waals surface area contributed by atoms with Crippen molar-refractivity contribution in [2.45, 2.75) is 56.0 Å². The summed E-state index contributed by atoms with van der Waals surface area (Å²) in [6, 6.07) is 4.91. The van der Waals surface area contributed by atoms with Gasteiger partial charge in [0.2, 0.25) is 10.0 Å². The maximum Gasteiger partial charge on any atom is 0.243 e. The number of hydrogen-bond donors (Lipinski definition) is 0. The lowest BCUT2D eigenvalue weighted by molar-refractivity contribution is 0.328. The Balaban J connectivity index is 2.42. The van der Waals surface area contributed by atoms with Crippen molar-refractivity contribution in [1.29, 1.82) is 0 Å². The number of sulfonamides is 1. The molecule has 2 unspecified atom stereocenters. The predicted octanol–water partition coefficient (Wildman–Crippen LogP) is 4.03. The van der Waals surface area contributed by atoms with Crippen molar-refractivity contribution in [3.05, 3.63) is 28.8 Å². The van der Waals surface area contributed by atoms with Crippen molar-refractivity contribution >= 4 is 33.2 Å². The van der Waals surface area contributed by atoms with E-state index in [-0.39, 0.29) is 22.9 Å². The fraction of sp³-hybridized carbons (Fsp3) is 0.571. The van der Waals surface area contributed by atoms with Crippen molar-refractivity contribution in [2.75, 3.05) is 0 Å². The fourth-order valence-corrected chi connectivity index (χ4v) is 5.37. The Labute approximate surface area is 130 Å². The molecule has 2 atom stereocenters. The molecule has 0 bridgehead atoms. The summed E-state index contributed by atoms with van der Waals surface area (Å²) >= 11 is 11.8. The third kappa shape index (κ3) is 2.84. The summed E-state index contributed by atoms with van der Waals surface area (Å²) in [5.74, 6) is 0.275. The van der Waals surface area contributed by atoms with Crippen LogP contribution in [-0.4, -0.2) is 24.8 Å².